The van der Waals surface area contributed by atoms with Crippen molar-refractivity contribution in [1.29, 1.82) is 0 Å². The fourth-order valence-corrected chi connectivity index (χ4v) is 3.90. The molecule has 1 heterocycles. The maximum atomic E-state index is 12.3. The molecule has 1 aromatic heterocycles. The molecule has 3 N–H and O–H groups in total. The summed E-state index contributed by atoms with van der Waals surface area (Å²) in [5.41, 5.74) is 1.63. The number of rotatable bonds is 7. The van der Waals surface area contributed by atoms with Crippen LogP contribution in [0.5, 0.6) is 5.75 Å². The number of hydrogen-bond acceptors (Lipinski definition) is 6. The van der Waals surface area contributed by atoms with Crippen LogP contribution >= 0.6 is 0 Å². The highest BCUT2D eigenvalue weighted by molar-refractivity contribution is 5.27. The van der Waals surface area contributed by atoms with E-state index in [1.165, 1.54) is 12.1 Å². The number of halogens is 3. The lowest BCUT2D eigenvalue weighted by Gasteiger charge is -2.25. The third kappa shape index (κ3) is 5.88. The third-order valence-electron chi connectivity index (χ3n) is 5.27. The first kappa shape index (κ1) is 21.5. The summed E-state index contributed by atoms with van der Waals surface area (Å²) in [4.78, 5) is 8.50. The Morgan fingerprint density at radius 2 is 1.90 bits per heavy atom. The fourth-order valence-electron chi connectivity index (χ4n) is 3.90. The predicted octanol–water partition coefficient (Wildman–Crippen LogP) is 2.37. The summed E-state index contributed by atoms with van der Waals surface area (Å²) in [5, 5.41) is 23.5. The molecule has 29 heavy (non-hydrogen) atoms. The van der Waals surface area contributed by atoms with Crippen molar-refractivity contribution in [3.63, 3.8) is 0 Å². The van der Waals surface area contributed by atoms with Crippen molar-refractivity contribution >= 4 is 0 Å². The van der Waals surface area contributed by atoms with Gasteiger partial charge in [-0.2, -0.15) is 0 Å². The number of hydrogen-bond donors (Lipinski definition) is 3. The van der Waals surface area contributed by atoms with Gasteiger partial charge in [-0.3, -0.25) is 0 Å². The lowest BCUT2D eigenvalue weighted by Crippen LogP contribution is -2.36. The number of alkyl halides is 3. The first-order valence-electron chi connectivity index (χ1n) is 9.40. The van der Waals surface area contributed by atoms with Crippen molar-refractivity contribution in [2.75, 3.05) is 6.61 Å². The minimum atomic E-state index is -4.72. The van der Waals surface area contributed by atoms with E-state index in [0.717, 1.165) is 11.3 Å². The molecule has 1 aliphatic rings. The van der Waals surface area contributed by atoms with E-state index >= 15 is 0 Å². The van der Waals surface area contributed by atoms with Crippen LogP contribution in [-0.2, 0) is 13.0 Å². The molecular formula is C20H24F3N3O3. The Morgan fingerprint density at radius 1 is 1.17 bits per heavy atom. The maximum Gasteiger partial charge on any atom is 0.573 e. The highest BCUT2D eigenvalue weighted by atomic mass is 19.4. The minimum Gasteiger partial charge on any atom is -0.406 e. The van der Waals surface area contributed by atoms with E-state index < -0.39 is 12.5 Å². The highest BCUT2D eigenvalue weighted by Gasteiger charge is 2.42. The summed E-state index contributed by atoms with van der Waals surface area (Å²) in [6.45, 7) is 2.09. The van der Waals surface area contributed by atoms with Crippen LogP contribution in [0.25, 0.3) is 0 Å². The summed E-state index contributed by atoms with van der Waals surface area (Å²) in [7, 11) is 0. The molecular weight excluding hydrogens is 387 g/mol. The SMILES string of the molecule is Cc1nccc(CC2C(NCc3ccc(OC(F)(F)F)cc3)CC(O)C2CO)n1. The van der Waals surface area contributed by atoms with Gasteiger partial charge in [-0.1, -0.05) is 12.1 Å². The number of aliphatic hydroxyl groups is 2. The first-order valence-corrected chi connectivity index (χ1v) is 9.40. The Bertz CT molecular complexity index is 802. The third-order valence-corrected chi connectivity index (χ3v) is 5.27. The summed E-state index contributed by atoms with van der Waals surface area (Å²) < 4.78 is 40.7. The van der Waals surface area contributed by atoms with Crippen molar-refractivity contribution < 1.29 is 28.1 Å². The predicted molar refractivity (Wildman–Crippen MR) is 98.9 cm³/mol. The topological polar surface area (TPSA) is 87.5 Å². The van der Waals surface area contributed by atoms with Crippen LogP contribution < -0.4 is 10.1 Å². The van der Waals surface area contributed by atoms with Gasteiger partial charge in [0, 0.05) is 37.0 Å². The van der Waals surface area contributed by atoms with E-state index in [4.69, 9.17) is 0 Å². The van der Waals surface area contributed by atoms with Crippen LogP contribution in [0, 0.1) is 18.8 Å². The van der Waals surface area contributed by atoms with Gasteiger partial charge in [-0.15, -0.1) is 13.2 Å². The molecule has 158 valence electrons. The van der Waals surface area contributed by atoms with Crippen molar-refractivity contribution in [2.24, 2.45) is 11.8 Å². The minimum absolute atomic E-state index is 0.0304. The van der Waals surface area contributed by atoms with Gasteiger partial charge in [0.05, 0.1) is 6.10 Å². The van der Waals surface area contributed by atoms with E-state index in [9.17, 15) is 23.4 Å². The normalized spacial score (nSPS) is 24.6. The van der Waals surface area contributed by atoms with Gasteiger partial charge in [0.15, 0.2) is 0 Å². The molecule has 1 aliphatic carbocycles. The largest absolute Gasteiger partial charge is 0.573 e. The molecule has 6 nitrogen and oxygen atoms in total. The number of aliphatic hydroxyl groups excluding tert-OH is 2. The second-order valence-electron chi connectivity index (χ2n) is 7.29. The molecule has 1 aromatic carbocycles. The lowest BCUT2D eigenvalue weighted by atomic mass is 9.88. The molecule has 4 atom stereocenters. The van der Waals surface area contributed by atoms with E-state index in [1.807, 2.05) is 6.07 Å². The average Bonchev–Trinajstić information content (AvgIpc) is 2.94. The molecule has 0 aliphatic heterocycles. The van der Waals surface area contributed by atoms with Crippen LogP contribution in [0.1, 0.15) is 23.5 Å². The van der Waals surface area contributed by atoms with Crippen molar-refractivity contribution in [3.05, 3.63) is 53.6 Å². The lowest BCUT2D eigenvalue weighted by molar-refractivity contribution is -0.274. The number of benzene rings is 1. The summed E-state index contributed by atoms with van der Waals surface area (Å²) >= 11 is 0. The molecule has 9 heteroatoms. The van der Waals surface area contributed by atoms with Gasteiger partial charge in [-0.25, -0.2) is 9.97 Å². The van der Waals surface area contributed by atoms with E-state index in [0.29, 0.717) is 25.2 Å². The molecule has 0 spiro atoms. The smallest absolute Gasteiger partial charge is 0.406 e. The zero-order chi connectivity index (χ0) is 21.0. The van der Waals surface area contributed by atoms with Crippen LogP contribution in [0.2, 0.25) is 0 Å². The van der Waals surface area contributed by atoms with Crippen molar-refractivity contribution in [2.45, 2.75) is 44.8 Å². The summed E-state index contributed by atoms with van der Waals surface area (Å²) in [6, 6.07) is 7.42. The molecule has 0 saturated heterocycles. The Kier molecular flexibility index (Phi) is 6.71. The molecule has 4 unspecified atom stereocenters. The van der Waals surface area contributed by atoms with Crippen molar-refractivity contribution in [3.8, 4) is 5.75 Å². The molecule has 2 aromatic rings. The molecule has 3 rings (SSSR count). The summed E-state index contributed by atoms with van der Waals surface area (Å²) in [6.07, 6.45) is -2.60. The van der Waals surface area contributed by atoms with Crippen LogP contribution in [0.15, 0.2) is 36.5 Å². The average molecular weight is 411 g/mol. The van der Waals surface area contributed by atoms with Crippen LogP contribution in [-0.4, -0.2) is 45.3 Å². The van der Waals surface area contributed by atoms with Gasteiger partial charge in [0.1, 0.15) is 11.6 Å². The molecule has 1 saturated carbocycles. The van der Waals surface area contributed by atoms with Gasteiger partial charge < -0.3 is 20.3 Å². The maximum absolute atomic E-state index is 12.3. The van der Waals surface area contributed by atoms with Gasteiger partial charge in [0.2, 0.25) is 0 Å². The van der Waals surface area contributed by atoms with E-state index in [2.05, 4.69) is 20.0 Å². The van der Waals surface area contributed by atoms with Crippen molar-refractivity contribution in [1.82, 2.24) is 15.3 Å². The molecule has 0 bridgehead atoms. The number of ether oxygens (including phenoxy) is 1. The Balaban J connectivity index is 1.64. The first-order chi connectivity index (χ1) is 13.7. The zero-order valence-electron chi connectivity index (χ0n) is 15.9. The van der Waals surface area contributed by atoms with Crippen LogP contribution in [0.3, 0.4) is 0 Å². The Hall–Kier alpha value is -2.23. The standard InChI is InChI=1S/C20H24F3N3O3/c1-12-24-7-6-14(26-12)8-16-17(11-27)19(28)9-18(16)25-10-13-2-4-15(5-3-13)29-20(21,22)23/h2-7,16-19,25,27-28H,8-11H2,1H3. The second kappa shape index (κ2) is 9.06. The number of nitrogens with one attached hydrogen (secondary N) is 1. The highest BCUT2D eigenvalue weighted by Crippen LogP contribution is 2.35. The molecule has 1 fully saturated rings. The molecule has 0 amide bonds. The second-order valence-corrected chi connectivity index (χ2v) is 7.29. The fraction of sp³-hybridized carbons (Fsp3) is 0.500. The van der Waals surface area contributed by atoms with E-state index in [1.54, 1.807) is 25.3 Å². The molecule has 0 radical (unpaired) electrons. The monoisotopic (exact) mass is 411 g/mol. The van der Waals surface area contributed by atoms with Gasteiger partial charge in [-0.05, 0) is 49.4 Å². The quantitative estimate of drug-likeness (QED) is 0.649. The summed E-state index contributed by atoms with van der Waals surface area (Å²) in [5.74, 6) is 0.0876. The van der Waals surface area contributed by atoms with Gasteiger partial charge in [0.25, 0.3) is 0 Å². The number of aromatic nitrogens is 2. The number of nitrogens with zero attached hydrogens (tertiary/aromatic N) is 2. The Morgan fingerprint density at radius 3 is 2.52 bits per heavy atom. The van der Waals surface area contributed by atoms with Gasteiger partial charge >= 0.3 is 6.36 Å². The van der Waals surface area contributed by atoms with Crippen LogP contribution in [0.4, 0.5) is 13.2 Å². The Labute approximate surface area is 166 Å². The zero-order valence-corrected chi connectivity index (χ0v) is 15.9. The van der Waals surface area contributed by atoms with E-state index in [-0.39, 0.29) is 30.2 Å². The number of aryl methyl sites for hydroxylation is 1.